The van der Waals surface area contributed by atoms with Crippen molar-refractivity contribution < 1.29 is 13.2 Å². The lowest BCUT2D eigenvalue weighted by atomic mass is 10.1. The molecule has 0 bridgehead atoms. The molecule has 3 nitrogen and oxygen atoms in total. The van der Waals surface area contributed by atoms with Crippen LogP contribution in [0.1, 0.15) is 29.2 Å². The van der Waals surface area contributed by atoms with Gasteiger partial charge in [-0.25, -0.2) is 9.97 Å². The first-order valence-corrected chi connectivity index (χ1v) is 4.93. The van der Waals surface area contributed by atoms with Crippen molar-refractivity contribution in [1.82, 2.24) is 9.97 Å². The highest BCUT2D eigenvalue weighted by atomic mass is 19.4. The summed E-state index contributed by atoms with van der Waals surface area (Å²) in [6.07, 6.45) is -5.25. The number of alkyl halides is 3. The van der Waals surface area contributed by atoms with Gasteiger partial charge >= 0.3 is 6.18 Å². The van der Waals surface area contributed by atoms with Crippen molar-refractivity contribution in [2.24, 2.45) is 5.73 Å². The Kier molecular flexibility index (Phi) is 3.85. The molecule has 0 atom stereocenters. The Balaban J connectivity index is 2.84. The summed E-state index contributed by atoms with van der Waals surface area (Å²) in [7, 11) is 0. The Bertz CT molecular complexity index is 351. The molecule has 90 valence electrons. The number of halogens is 3. The summed E-state index contributed by atoms with van der Waals surface area (Å²) in [4.78, 5) is 8.03. The van der Waals surface area contributed by atoms with E-state index >= 15 is 0 Å². The van der Waals surface area contributed by atoms with E-state index < -0.39 is 12.6 Å². The standard InChI is InChI=1S/C10H14F3N3/c1-6-8(5-14)7(2)16-9(15-6)3-4-10(11,12)13/h3-5,14H2,1-2H3. The summed E-state index contributed by atoms with van der Waals surface area (Å²) in [5.41, 5.74) is 7.61. The van der Waals surface area contributed by atoms with Gasteiger partial charge in [-0.15, -0.1) is 0 Å². The normalized spacial score (nSPS) is 11.9. The lowest BCUT2D eigenvalue weighted by Crippen LogP contribution is -2.13. The molecule has 0 saturated carbocycles. The Labute approximate surface area is 91.9 Å². The van der Waals surface area contributed by atoms with Crippen molar-refractivity contribution in [2.45, 2.75) is 39.4 Å². The summed E-state index contributed by atoms with van der Waals surface area (Å²) in [6, 6.07) is 0. The van der Waals surface area contributed by atoms with E-state index in [-0.39, 0.29) is 12.2 Å². The van der Waals surface area contributed by atoms with Crippen molar-refractivity contribution in [2.75, 3.05) is 0 Å². The van der Waals surface area contributed by atoms with Crippen molar-refractivity contribution in [3.05, 3.63) is 22.8 Å². The number of hydrogen-bond donors (Lipinski definition) is 1. The summed E-state index contributed by atoms with van der Waals surface area (Å²) in [5.74, 6) is 0.226. The van der Waals surface area contributed by atoms with Crippen LogP contribution in [-0.4, -0.2) is 16.1 Å². The fourth-order valence-corrected chi connectivity index (χ4v) is 1.47. The predicted molar refractivity (Wildman–Crippen MR) is 53.8 cm³/mol. The largest absolute Gasteiger partial charge is 0.389 e. The van der Waals surface area contributed by atoms with Crippen molar-refractivity contribution >= 4 is 0 Å². The van der Waals surface area contributed by atoms with Crippen molar-refractivity contribution in [3.63, 3.8) is 0 Å². The van der Waals surface area contributed by atoms with E-state index in [9.17, 15) is 13.2 Å². The van der Waals surface area contributed by atoms with Gasteiger partial charge in [0.2, 0.25) is 0 Å². The molecule has 0 aliphatic rings. The molecule has 1 rings (SSSR count). The van der Waals surface area contributed by atoms with Gasteiger partial charge in [-0.05, 0) is 13.8 Å². The average Bonchev–Trinajstić information content (AvgIpc) is 2.13. The molecule has 1 aromatic heterocycles. The van der Waals surface area contributed by atoms with Gasteiger partial charge in [0, 0.05) is 29.9 Å². The van der Waals surface area contributed by atoms with Crippen LogP contribution in [0.2, 0.25) is 0 Å². The third-order valence-electron chi connectivity index (χ3n) is 2.30. The molecule has 16 heavy (non-hydrogen) atoms. The lowest BCUT2D eigenvalue weighted by Gasteiger charge is -2.10. The van der Waals surface area contributed by atoms with E-state index in [4.69, 9.17) is 5.73 Å². The maximum Gasteiger partial charge on any atom is 0.389 e. The molecule has 1 heterocycles. The van der Waals surface area contributed by atoms with Gasteiger partial charge in [-0.3, -0.25) is 0 Å². The number of hydrogen-bond acceptors (Lipinski definition) is 3. The maximum absolute atomic E-state index is 12.0. The van der Waals surface area contributed by atoms with Crippen LogP contribution in [0.25, 0.3) is 0 Å². The number of aryl methyl sites for hydroxylation is 3. The molecule has 0 fully saturated rings. The van der Waals surface area contributed by atoms with Crippen LogP contribution >= 0.6 is 0 Å². The van der Waals surface area contributed by atoms with E-state index in [0.717, 1.165) is 5.56 Å². The maximum atomic E-state index is 12.0. The fraction of sp³-hybridized carbons (Fsp3) is 0.600. The molecule has 6 heteroatoms. The summed E-state index contributed by atoms with van der Waals surface area (Å²) in [5, 5.41) is 0. The molecule has 0 radical (unpaired) electrons. The van der Waals surface area contributed by atoms with Gasteiger partial charge in [-0.2, -0.15) is 13.2 Å². The van der Waals surface area contributed by atoms with Crippen LogP contribution in [0, 0.1) is 13.8 Å². The highest BCUT2D eigenvalue weighted by Gasteiger charge is 2.27. The van der Waals surface area contributed by atoms with Crippen LogP contribution in [-0.2, 0) is 13.0 Å². The Morgan fingerprint density at radius 1 is 1.12 bits per heavy atom. The van der Waals surface area contributed by atoms with Crippen LogP contribution in [0.15, 0.2) is 0 Å². The van der Waals surface area contributed by atoms with Crippen LogP contribution in [0.3, 0.4) is 0 Å². The van der Waals surface area contributed by atoms with E-state index in [1.165, 1.54) is 0 Å². The molecule has 0 aliphatic heterocycles. The number of nitrogens with zero attached hydrogens (tertiary/aromatic N) is 2. The fourth-order valence-electron chi connectivity index (χ4n) is 1.47. The topological polar surface area (TPSA) is 51.8 Å². The van der Waals surface area contributed by atoms with E-state index in [1.807, 2.05) is 0 Å². The van der Waals surface area contributed by atoms with Crippen LogP contribution < -0.4 is 5.73 Å². The van der Waals surface area contributed by atoms with E-state index in [2.05, 4.69) is 9.97 Å². The first-order valence-electron chi connectivity index (χ1n) is 4.93. The quantitative estimate of drug-likeness (QED) is 0.869. The second kappa shape index (κ2) is 4.78. The molecule has 0 amide bonds. The minimum atomic E-state index is -4.17. The number of nitrogens with two attached hydrogens (primary N) is 1. The predicted octanol–water partition coefficient (Wildman–Crippen LogP) is 2.05. The lowest BCUT2D eigenvalue weighted by molar-refractivity contribution is -0.134. The van der Waals surface area contributed by atoms with E-state index in [0.29, 0.717) is 17.9 Å². The van der Waals surface area contributed by atoms with Gasteiger partial charge in [0.15, 0.2) is 0 Å². The van der Waals surface area contributed by atoms with Crippen molar-refractivity contribution in [1.29, 1.82) is 0 Å². The Morgan fingerprint density at radius 2 is 1.62 bits per heavy atom. The smallest absolute Gasteiger partial charge is 0.326 e. The van der Waals surface area contributed by atoms with Crippen LogP contribution in [0.4, 0.5) is 13.2 Å². The van der Waals surface area contributed by atoms with Gasteiger partial charge in [-0.1, -0.05) is 0 Å². The Hall–Kier alpha value is -1.17. The molecule has 2 N–H and O–H groups in total. The summed E-state index contributed by atoms with van der Waals surface area (Å²) in [6.45, 7) is 3.76. The molecule has 0 unspecified atom stereocenters. The first-order chi connectivity index (χ1) is 7.33. The van der Waals surface area contributed by atoms with Gasteiger partial charge < -0.3 is 5.73 Å². The molecular formula is C10H14F3N3. The minimum absolute atomic E-state index is 0.184. The molecule has 0 aromatic carbocycles. The zero-order valence-corrected chi connectivity index (χ0v) is 9.23. The average molecular weight is 233 g/mol. The van der Waals surface area contributed by atoms with E-state index in [1.54, 1.807) is 13.8 Å². The van der Waals surface area contributed by atoms with Crippen molar-refractivity contribution in [3.8, 4) is 0 Å². The first kappa shape index (κ1) is 12.9. The third kappa shape index (κ3) is 3.44. The highest BCUT2D eigenvalue weighted by molar-refractivity contribution is 5.23. The second-order valence-electron chi connectivity index (χ2n) is 3.61. The van der Waals surface area contributed by atoms with Gasteiger partial charge in [0.25, 0.3) is 0 Å². The molecule has 0 spiro atoms. The minimum Gasteiger partial charge on any atom is -0.326 e. The molecule has 0 aliphatic carbocycles. The highest BCUT2D eigenvalue weighted by Crippen LogP contribution is 2.21. The van der Waals surface area contributed by atoms with Gasteiger partial charge in [0.1, 0.15) is 5.82 Å². The summed E-state index contributed by atoms with van der Waals surface area (Å²) >= 11 is 0. The van der Waals surface area contributed by atoms with Gasteiger partial charge in [0.05, 0.1) is 6.42 Å². The SMILES string of the molecule is Cc1nc(CCC(F)(F)F)nc(C)c1CN. The zero-order valence-electron chi connectivity index (χ0n) is 9.23. The monoisotopic (exact) mass is 233 g/mol. The van der Waals surface area contributed by atoms with Crippen LogP contribution in [0.5, 0.6) is 0 Å². The molecule has 1 aromatic rings. The molecular weight excluding hydrogens is 219 g/mol. The summed E-state index contributed by atoms with van der Waals surface area (Å²) < 4.78 is 36.0. The zero-order chi connectivity index (χ0) is 12.3. The number of rotatable bonds is 3. The molecule has 0 saturated heterocycles. The third-order valence-corrected chi connectivity index (χ3v) is 2.30. The second-order valence-corrected chi connectivity index (χ2v) is 3.61. The Morgan fingerprint density at radius 3 is 2.00 bits per heavy atom. The number of aromatic nitrogens is 2.